The Balaban J connectivity index is 1.35. The van der Waals surface area contributed by atoms with E-state index in [9.17, 15) is 13.2 Å². The normalized spacial score (nSPS) is 23.5. The molecule has 1 aliphatic carbocycles. The molecule has 0 spiro atoms. The molecule has 1 amide bonds. The van der Waals surface area contributed by atoms with Gasteiger partial charge in [0.15, 0.2) is 5.69 Å². The van der Waals surface area contributed by atoms with Crippen LogP contribution in [-0.4, -0.2) is 43.3 Å². The Morgan fingerprint density at radius 3 is 2.82 bits per heavy atom. The van der Waals surface area contributed by atoms with E-state index < -0.39 is 10.0 Å². The van der Waals surface area contributed by atoms with Crippen LogP contribution in [0.1, 0.15) is 47.8 Å². The Labute approximate surface area is 162 Å². The van der Waals surface area contributed by atoms with Crippen molar-refractivity contribution in [2.75, 3.05) is 18.4 Å². The van der Waals surface area contributed by atoms with Crippen LogP contribution < -0.4 is 5.32 Å². The number of benzene rings is 1. The van der Waals surface area contributed by atoms with Gasteiger partial charge in [-0.3, -0.25) is 4.79 Å². The number of carbonyl (C=O) groups excluding carboxylic acids is 1. The second kappa shape index (κ2) is 6.44. The van der Waals surface area contributed by atoms with Crippen molar-refractivity contribution in [3.63, 3.8) is 0 Å². The summed E-state index contributed by atoms with van der Waals surface area (Å²) in [5.41, 5.74) is 0.848. The van der Waals surface area contributed by atoms with Crippen LogP contribution in [0.15, 0.2) is 44.1 Å². The van der Waals surface area contributed by atoms with E-state index in [4.69, 9.17) is 4.52 Å². The number of sulfonamides is 1. The monoisotopic (exact) mass is 400 g/mol. The maximum Gasteiger partial charge on any atom is 0.286 e. The number of piperidine rings is 1. The molecule has 3 aliphatic rings. The summed E-state index contributed by atoms with van der Waals surface area (Å²) < 4.78 is 34.3. The largest absolute Gasteiger partial charge is 0.360 e. The Bertz CT molecular complexity index is 1070. The van der Waals surface area contributed by atoms with Gasteiger partial charge in [0.25, 0.3) is 15.9 Å². The summed E-state index contributed by atoms with van der Waals surface area (Å²) in [6.07, 6.45) is 3.69. The highest BCUT2D eigenvalue weighted by atomic mass is 32.2. The number of para-hydroxylation sites is 1. The number of nitrogens with zero attached hydrogens (tertiary/aromatic N) is 3. The first-order valence-electron chi connectivity index (χ1n) is 9.48. The molecule has 2 fully saturated rings. The number of amides is 1. The topological polar surface area (TPSA) is 105 Å². The standard InChI is InChI=1S/C19H20N4O4S/c24-19(15-10-16(27-21-15)12-7-8-12)23-9-3-4-13(11-23)18-20-14-5-1-2-6-17(14)28(25,26)22-18/h1-2,5-6,10,12-13H,3-4,7-9,11H2,(H,20,22)/t13-/m0/s1. The van der Waals surface area contributed by atoms with Gasteiger partial charge in [0, 0.05) is 31.0 Å². The number of fused-ring (bicyclic) bond motifs is 1. The van der Waals surface area contributed by atoms with Gasteiger partial charge in [-0.25, -0.2) is 0 Å². The summed E-state index contributed by atoms with van der Waals surface area (Å²) >= 11 is 0. The SMILES string of the molecule is O=C(c1cc(C2CC2)on1)N1CCC[C@H](C2=NS(=O)(=O)c3ccccc3N2)C1. The fourth-order valence-electron chi connectivity index (χ4n) is 3.81. The lowest BCUT2D eigenvalue weighted by molar-refractivity contribution is 0.0692. The molecule has 1 N–H and O–H groups in total. The van der Waals surface area contributed by atoms with Crippen LogP contribution >= 0.6 is 0 Å². The highest BCUT2D eigenvalue weighted by molar-refractivity contribution is 7.90. The zero-order valence-electron chi connectivity index (χ0n) is 15.2. The summed E-state index contributed by atoms with van der Waals surface area (Å²) in [7, 11) is -3.74. The van der Waals surface area contributed by atoms with Crippen LogP contribution in [0.25, 0.3) is 0 Å². The third kappa shape index (κ3) is 3.09. The molecule has 0 unspecified atom stereocenters. The molecule has 1 aromatic heterocycles. The van der Waals surface area contributed by atoms with Crippen molar-refractivity contribution in [2.45, 2.75) is 36.5 Å². The van der Waals surface area contributed by atoms with E-state index in [0.29, 0.717) is 36.2 Å². The molecule has 8 nitrogen and oxygen atoms in total. The summed E-state index contributed by atoms with van der Waals surface area (Å²) in [4.78, 5) is 14.7. The lowest BCUT2D eigenvalue weighted by Gasteiger charge is -2.34. The smallest absolute Gasteiger partial charge is 0.286 e. The first kappa shape index (κ1) is 17.4. The minimum Gasteiger partial charge on any atom is -0.360 e. The van der Waals surface area contributed by atoms with Crippen molar-refractivity contribution in [2.24, 2.45) is 10.3 Å². The van der Waals surface area contributed by atoms with Gasteiger partial charge in [-0.1, -0.05) is 17.3 Å². The molecular weight excluding hydrogens is 380 g/mol. The molecule has 2 aromatic rings. The maximum absolute atomic E-state index is 12.8. The number of hydrogen-bond acceptors (Lipinski definition) is 6. The van der Waals surface area contributed by atoms with Crippen LogP contribution in [0, 0.1) is 5.92 Å². The van der Waals surface area contributed by atoms with E-state index in [1.54, 1.807) is 29.2 Å². The first-order chi connectivity index (χ1) is 13.5. The highest BCUT2D eigenvalue weighted by Gasteiger charge is 2.34. The minimum absolute atomic E-state index is 0.171. The van der Waals surface area contributed by atoms with E-state index in [2.05, 4.69) is 14.9 Å². The van der Waals surface area contributed by atoms with Gasteiger partial charge in [0.1, 0.15) is 16.5 Å². The van der Waals surface area contributed by atoms with Crippen molar-refractivity contribution in [1.82, 2.24) is 10.1 Å². The van der Waals surface area contributed by atoms with E-state index >= 15 is 0 Å². The van der Waals surface area contributed by atoms with Crippen LogP contribution in [0.4, 0.5) is 5.69 Å². The molecule has 146 valence electrons. The number of anilines is 1. The zero-order chi connectivity index (χ0) is 19.3. The predicted molar refractivity (Wildman–Crippen MR) is 102 cm³/mol. The van der Waals surface area contributed by atoms with Crippen molar-refractivity contribution in [3.8, 4) is 0 Å². The predicted octanol–water partition coefficient (Wildman–Crippen LogP) is 2.62. The van der Waals surface area contributed by atoms with Crippen LogP contribution in [0.3, 0.4) is 0 Å². The number of nitrogens with one attached hydrogen (secondary N) is 1. The maximum atomic E-state index is 12.8. The summed E-state index contributed by atoms with van der Waals surface area (Å²) in [6, 6.07) is 8.45. The van der Waals surface area contributed by atoms with Crippen LogP contribution in [0.2, 0.25) is 0 Å². The number of hydrogen-bond donors (Lipinski definition) is 1. The third-order valence-electron chi connectivity index (χ3n) is 5.47. The molecule has 28 heavy (non-hydrogen) atoms. The van der Waals surface area contributed by atoms with E-state index in [-0.39, 0.29) is 16.7 Å². The van der Waals surface area contributed by atoms with E-state index in [1.807, 2.05) is 0 Å². The van der Waals surface area contributed by atoms with Crippen LogP contribution in [-0.2, 0) is 10.0 Å². The Hall–Kier alpha value is -2.68. The van der Waals surface area contributed by atoms with Crippen molar-refractivity contribution in [1.29, 1.82) is 0 Å². The number of aromatic nitrogens is 1. The first-order valence-corrected chi connectivity index (χ1v) is 10.9. The summed E-state index contributed by atoms with van der Waals surface area (Å²) in [5, 5.41) is 7.08. The fraction of sp³-hybridized carbons (Fsp3) is 0.421. The number of rotatable bonds is 3. The Kier molecular flexibility index (Phi) is 4.01. The fourth-order valence-corrected chi connectivity index (χ4v) is 5.01. The van der Waals surface area contributed by atoms with Gasteiger partial charge in [-0.15, -0.1) is 4.40 Å². The molecule has 0 bridgehead atoms. The molecule has 3 heterocycles. The Morgan fingerprint density at radius 1 is 1.18 bits per heavy atom. The van der Waals surface area contributed by atoms with Gasteiger partial charge in [-0.2, -0.15) is 8.42 Å². The van der Waals surface area contributed by atoms with E-state index in [0.717, 1.165) is 31.4 Å². The van der Waals surface area contributed by atoms with Gasteiger partial charge in [0.05, 0.1) is 5.69 Å². The van der Waals surface area contributed by atoms with Crippen molar-refractivity contribution >= 4 is 27.5 Å². The quantitative estimate of drug-likeness (QED) is 0.849. The lowest BCUT2D eigenvalue weighted by Crippen LogP contribution is -2.44. The number of carbonyl (C=O) groups is 1. The molecule has 1 atom stereocenters. The Morgan fingerprint density at radius 2 is 2.00 bits per heavy atom. The highest BCUT2D eigenvalue weighted by Crippen LogP contribution is 2.40. The molecule has 5 rings (SSSR count). The molecule has 1 aromatic carbocycles. The van der Waals surface area contributed by atoms with Crippen molar-refractivity contribution < 1.29 is 17.7 Å². The van der Waals surface area contributed by atoms with Gasteiger partial charge >= 0.3 is 0 Å². The summed E-state index contributed by atoms with van der Waals surface area (Å²) in [5.74, 6) is 1.22. The third-order valence-corrected chi connectivity index (χ3v) is 6.82. The summed E-state index contributed by atoms with van der Waals surface area (Å²) in [6.45, 7) is 1.01. The second-order valence-electron chi connectivity index (χ2n) is 7.55. The second-order valence-corrected chi connectivity index (χ2v) is 9.12. The van der Waals surface area contributed by atoms with Gasteiger partial charge in [0.2, 0.25) is 0 Å². The molecular formula is C19H20N4O4S. The number of amidine groups is 1. The molecule has 9 heteroatoms. The van der Waals surface area contributed by atoms with Gasteiger partial charge in [-0.05, 0) is 37.8 Å². The van der Waals surface area contributed by atoms with Crippen LogP contribution in [0.5, 0.6) is 0 Å². The average Bonchev–Trinajstić information content (AvgIpc) is 3.44. The molecule has 0 radical (unpaired) electrons. The zero-order valence-corrected chi connectivity index (χ0v) is 16.0. The molecule has 1 saturated heterocycles. The lowest BCUT2D eigenvalue weighted by atomic mass is 9.96. The van der Waals surface area contributed by atoms with Crippen molar-refractivity contribution in [3.05, 3.63) is 41.8 Å². The average molecular weight is 400 g/mol. The van der Waals surface area contributed by atoms with E-state index in [1.165, 1.54) is 6.07 Å². The van der Waals surface area contributed by atoms with Gasteiger partial charge < -0.3 is 14.7 Å². The number of likely N-dealkylation sites (tertiary alicyclic amines) is 1. The molecule has 1 saturated carbocycles. The molecule has 2 aliphatic heterocycles. The minimum atomic E-state index is -3.74.